The highest BCUT2D eigenvalue weighted by Gasteiger charge is 2.21. The van der Waals surface area contributed by atoms with Crippen molar-refractivity contribution in [3.63, 3.8) is 0 Å². The number of nitrogens with zero attached hydrogens (tertiary/aromatic N) is 1. The van der Waals surface area contributed by atoms with E-state index in [2.05, 4.69) is 5.43 Å². The van der Waals surface area contributed by atoms with Crippen molar-refractivity contribution in [3.8, 4) is 0 Å². The Kier molecular flexibility index (Phi) is 4.72. The zero-order chi connectivity index (χ0) is 15.2. The van der Waals surface area contributed by atoms with Gasteiger partial charge in [-0.1, -0.05) is 36.4 Å². The monoisotopic (exact) mass is 282 g/mol. The first-order chi connectivity index (χ1) is 10.1. The lowest BCUT2D eigenvalue weighted by atomic mass is 10.2. The first kappa shape index (κ1) is 14.8. The Balaban J connectivity index is 2.17. The van der Waals surface area contributed by atoms with Gasteiger partial charge in [-0.05, 0) is 38.1 Å². The molecule has 1 N–H and O–H groups in total. The van der Waals surface area contributed by atoms with Crippen molar-refractivity contribution in [1.82, 2.24) is 10.4 Å². The molecular formula is C17H18N2O2. The number of hydrogen-bond donors (Lipinski definition) is 1. The van der Waals surface area contributed by atoms with Crippen LogP contribution in [0.2, 0.25) is 0 Å². The summed E-state index contributed by atoms with van der Waals surface area (Å²) in [5.74, 6) is -0.525. The summed E-state index contributed by atoms with van der Waals surface area (Å²) < 4.78 is 0. The Labute approximate surface area is 124 Å². The smallest absolute Gasteiger partial charge is 0.267 e. The summed E-state index contributed by atoms with van der Waals surface area (Å²) in [6.07, 6.45) is 0. The number of rotatable bonds is 3. The van der Waals surface area contributed by atoms with Crippen LogP contribution >= 0.6 is 0 Å². The SMILES string of the molecule is CC(C)N(NC(=O)c1ccccc1)C(=O)c1ccccc1. The molecule has 0 aromatic heterocycles. The van der Waals surface area contributed by atoms with Gasteiger partial charge in [-0.3, -0.25) is 15.0 Å². The summed E-state index contributed by atoms with van der Waals surface area (Å²) in [5.41, 5.74) is 3.73. The summed E-state index contributed by atoms with van der Waals surface area (Å²) in [6, 6.07) is 17.6. The van der Waals surface area contributed by atoms with Crippen molar-refractivity contribution in [1.29, 1.82) is 0 Å². The predicted octanol–water partition coefficient (Wildman–Crippen LogP) is 2.88. The molecule has 0 atom stereocenters. The first-order valence-corrected chi connectivity index (χ1v) is 6.84. The van der Waals surface area contributed by atoms with E-state index in [4.69, 9.17) is 0 Å². The minimum atomic E-state index is -0.298. The molecule has 4 nitrogen and oxygen atoms in total. The fraction of sp³-hybridized carbons (Fsp3) is 0.176. The maximum absolute atomic E-state index is 12.5. The van der Waals surface area contributed by atoms with Crippen LogP contribution in [-0.4, -0.2) is 22.9 Å². The average molecular weight is 282 g/mol. The fourth-order valence-corrected chi connectivity index (χ4v) is 1.90. The van der Waals surface area contributed by atoms with Gasteiger partial charge < -0.3 is 0 Å². The topological polar surface area (TPSA) is 49.4 Å². The molecule has 0 aliphatic carbocycles. The highest BCUT2D eigenvalue weighted by molar-refractivity contribution is 5.99. The average Bonchev–Trinajstić information content (AvgIpc) is 2.53. The quantitative estimate of drug-likeness (QED) is 0.880. The number of hydrogen-bond acceptors (Lipinski definition) is 2. The molecule has 0 aliphatic rings. The molecular weight excluding hydrogens is 264 g/mol. The van der Waals surface area contributed by atoms with Crippen molar-refractivity contribution in [2.75, 3.05) is 0 Å². The lowest BCUT2D eigenvalue weighted by Crippen LogP contribution is -2.50. The van der Waals surface area contributed by atoms with Gasteiger partial charge in [0.1, 0.15) is 0 Å². The van der Waals surface area contributed by atoms with Crippen LogP contribution in [0.1, 0.15) is 34.6 Å². The molecule has 2 aromatic carbocycles. The highest BCUT2D eigenvalue weighted by atomic mass is 16.2. The van der Waals surface area contributed by atoms with Crippen LogP contribution in [0, 0.1) is 0 Å². The maximum atomic E-state index is 12.5. The van der Waals surface area contributed by atoms with Gasteiger partial charge in [-0.15, -0.1) is 0 Å². The summed E-state index contributed by atoms with van der Waals surface area (Å²) in [4.78, 5) is 24.7. The lowest BCUT2D eigenvalue weighted by molar-refractivity contribution is 0.0516. The molecule has 2 rings (SSSR count). The van der Waals surface area contributed by atoms with Crippen LogP contribution in [0.25, 0.3) is 0 Å². The molecule has 0 spiro atoms. The van der Waals surface area contributed by atoms with E-state index in [1.54, 1.807) is 48.5 Å². The zero-order valence-corrected chi connectivity index (χ0v) is 12.1. The number of amides is 2. The normalized spacial score (nSPS) is 10.2. The second-order valence-electron chi connectivity index (χ2n) is 4.94. The Bertz CT molecular complexity index is 609. The Hall–Kier alpha value is -2.62. The van der Waals surface area contributed by atoms with E-state index in [1.807, 2.05) is 26.0 Å². The lowest BCUT2D eigenvalue weighted by Gasteiger charge is -2.27. The van der Waals surface area contributed by atoms with Crippen LogP contribution in [-0.2, 0) is 0 Å². The molecule has 4 heteroatoms. The third kappa shape index (κ3) is 3.69. The number of benzene rings is 2. The van der Waals surface area contributed by atoms with E-state index in [0.717, 1.165) is 0 Å². The van der Waals surface area contributed by atoms with Crippen molar-refractivity contribution >= 4 is 11.8 Å². The van der Waals surface area contributed by atoms with E-state index < -0.39 is 0 Å². The van der Waals surface area contributed by atoms with Crippen LogP contribution in [0.5, 0.6) is 0 Å². The summed E-state index contributed by atoms with van der Waals surface area (Å²) in [7, 11) is 0. The van der Waals surface area contributed by atoms with Crippen LogP contribution in [0.4, 0.5) is 0 Å². The molecule has 0 saturated carbocycles. The van der Waals surface area contributed by atoms with Gasteiger partial charge in [0.25, 0.3) is 11.8 Å². The molecule has 0 bridgehead atoms. The van der Waals surface area contributed by atoms with E-state index in [0.29, 0.717) is 11.1 Å². The number of carbonyl (C=O) groups is 2. The third-order valence-corrected chi connectivity index (χ3v) is 3.01. The molecule has 21 heavy (non-hydrogen) atoms. The molecule has 0 radical (unpaired) electrons. The van der Waals surface area contributed by atoms with Crippen LogP contribution in [0.15, 0.2) is 60.7 Å². The molecule has 0 fully saturated rings. The maximum Gasteiger partial charge on any atom is 0.272 e. The van der Waals surface area contributed by atoms with Gasteiger partial charge in [0.2, 0.25) is 0 Å². The predicted molar refractivity (Wildman–Crippen MR) is 81.7 cm³/mol. The number of hydrazine groups is 1. The molecule has 0 saturated heterocycles. The number of carbonyl (C=O) groups excluding carboxylic acids is 2. The molecule has 2 amide bonds. The second-order valence-corrected chi connectivity index (χ2v) is 4.94. The molecule has 0 unspecified atom stereocenters. The third-order valence-electron chi connectivity index (χ3n) is 3.01. The minimum absolute atomic E-state index is 0.148. The van der Waals surface area contributed by atoms with Gasteiger partial charge in [0.05, 0.1) is 0 Å². The highest BCUT2D eigenvalue weighted by Crippen LogP contribution is 2.07. The molecule has 0 aliphatic heterocycles. The van der Waals surface area contributed by atoms with E-state index >= 15 is 0 Å². The van der Waals surface area contributed by atoms with Gasteiger partial charge in [0, 0.05) is 17.2 Å². The Morgan fingerprint density at radius 1 is 0.857 bits per heavy atom. The summed E-state index contributed by atoms with van der Waals surface area (Å²) >= 11 is 0. The van der Waals surface area contributed by atoms with E-state index in [1.165, 1.54) is 5.01 Å². The Morgan fingerprint density at radius 2 is 1.33 bits per heavy atom. The van der Waals surface area contributed by atoms with Crippen molar-refractivity contribution in [2.45, 2.75) is 19.9 Å². The minimum Gasteiger partial charge on any atom is -0.267 e. The van der Waals surface area contributed by atoms with Crippen LogP contribution in [0.3, 0.4) is 0 Å². The number of nitrogens with one attached hydrogen (secondary N) is 1. The second kappa shape index (κ2) is 6.70. The largest absolute Gasteiger partial charge is 0.272 e. The van der Waals surface area contributed by atoms with Crippen molar-refractivity contribution < 1.29 is 9.59 Å². The standard InChI is InChI=1S/C17H18N2O2/c1-13(2)19(17(21)15-11-7-4-8-12-15)18-16(20)14-9-5-3-6-10-14/h3-13H,1-2H3,(H,18,20). The van der Waals surface area contributed by atoms with Crippen LogP contribution < -0.4 is 5.43 Å². The Morgan fingerprint density at radius 3 is 1.81 bits per heavy atom. The van der Waals surface area contributed by atoms with Gasteiger partial charge in [0.15, 0.2) is 0 Å². The fourth-order valence-electron chi connectivity index (χ4n) is 1.90. The first-order valence-electron chi connectivity index (χ1n) is 6.84. The zero-order valence-electron chi connectivity index (χ0n) is 12.1. The van der Waals surface area contributed by atoms with Crippen molar-refractivity contribution in [3.05, 3.63) is 71.8 Å². The summed E-state index contributed by atoms with van der Waals surface area (Å²) in [6.45, 7) is 3.71. The van der Waals surface area contributed by atoms with Gasteiger partial charge in [-0.2, -0.15) is 0 Å². The molecule has 108 valence electrons. The van der Waals surface area contributed by atoms with E-state index in [9.17, 15) is 9.59 Å². The van der Waals surface area contributed by atoms with E-state index in [-0.39, 0.29) is 17.9 Å². The van der Waals surface area contributed by atoms with Crippen molar-refractivity contribution in [2.24, 2.45) is 0 Å². The van der Waals surface area contributed by atoms with Gasteiger partial charge >= 0.3 is 0 Å². The summed E-state index contributed by atoms with van der Waals surface area (Å²) in [5, 5.41) is 1.35. The van der Waals surface area contributed by atoms with Gasteiger partial charge in [-0.25, -0.2) is 5.01 Å². The molecule has 2 aromatic rings. The molecule has 0 heterocycles.